The van der Waals surface area contributed by atoms with E-state index >= 15 is 0 Å². The number of amides is 1. The molecule has 0 aliphatic carbocycles. The highest BCUT2D eigenvalue weighted by atomic mass is 32.1. The number of rotatable bonds is 3. The molecule has 1 amide bonds. The number of nitrogens with two attached hydrogens (primary N) is 1. The summed E-state index contributed by atoms with van der Waals surface area (Å²) in [5.74, 6) is -0.105. The van der Waals surface area contributed by atoms with Gasteiger partial charge in [0.1, 0.15) is 4.88 Å². The molecule has 2 heterocycles. The lowest BCUT2D eigenvalue weighted by Gasteiger charge is -2.11. The van der Waals surface area contributed by atoms with E-state index in [2.05, 4.69) is 5.32 Å². The van der Waals surface area contributed by atoms with Crippen LogP contribution in [0.3, 0.4) is 0 Å². The molecule has 1 atom stereocenters. The van der Waals surface area contributed by atoms with Gasteiger partial charge in [0.25, 0.3) is 5.91 Å². The lowest BCUT2D eigenvalue weighted by atomic mass is 10.2. The van der Waals surface area contributed by atoms with Crippen molar-refractivity contribution in [3.05, 3.63) is 38.7 Å². The van der Waals surface area contributed by atoms with Gasteiger partial charge in [-0.1, -0.05) is 0 Å². The van der Waals surface area contributed by atoms with Crippen LogP contribution in [0.2, 0.25) is 0 Å². The molecular weight excluding hydrogens is 240 g/mol. The molecule has 3 nitrogen and oxygen atoms in total. The fourth-order valence-corrected chi connectivity index (χ4v) is 2.85. The van der Waals surface area contributed by atoms with Crippen molar-refractivity contribution in [2.45, 2.75) is 13.0 Å². The lowest BCUT2D eigenvalue weighted by molar-refractivity contribution is 0.0945. The quantitative estimate of drug-likeness (QED) is 0.882. The van der Waals surface area contributed by atoms with Gasteiger partial charge >= 0.3 is 0 Å². The third-order valence-corrected chi connectivity index (χ3v) is 3.92. The van der Waals surface area contributed by atoms with E-state index in [1.54, 1.807) is 17.4 Å². The molecule has 2 rings (SSSR count). The molecule has 0 spiro atoms. The van der Waals surface area contributed by atoms with Crippen LogP contribution in [0.15, 0.2) is 28.3 Å². The molecule has 0 bridgehead atoms. The molecule has 2 aromatic heterocycles. The molecular formula is C11H12N2OS2. The summed E-state index contributed by atoms with van der Waals surface area (Å²) in [6, 6.07) is 3.77. The smallest absolute Gasteiger partial charge is 0.263 e. The minimum absolute atomic E-state index is 0.0141. The van der Waals surface area contributed by atoms with E-state index in [1.165, 1.54) is 11.3 Å². The molecule has 16 heavy (non-hydrogen) atoms. The zero-order valence-corrected chi connectivity index (χ0v) is 10.4. The Kier molecular flexibility index (Phi) is 3.26. The molecule has 0 saturated heterocycles. The van der Waals surface area contributed by atoms with Gasteiger partial charge in [0.15, 0.2) is 0 Å². The van der Waals surface area contributed by atoms with Gasteiger partial charge in [-0.05, 0) is 40.8 Å². The first-order chi connectivity index (χ1) is 7.68. The Morgan fingerprint density at radius 3 is 2.81 bits per heavy atom. The largest absolute Gasteiger partial charge is 0.397 e. The van der Waals surface area contributed by atoms with Gasteiger partial charge in [-0.25, -0.2) is 0 Å². The minimum atomic E-state index is -0.105. The molecule has 2 aromatic rings. The minimum Gasteiger partial charge on any atom is -0.397 e. The van der Waals surface area contributed by atoms with Gasteiger partial charge in [-0.2, -0.15) is 11.3 Å². The maximum atomic E-state index is 11.9. The van der Waals surface area contributed by atoms with Gasteiger partial charge in [0.05, 0.1) is 11.7 Å². The number of hydrogen-bond acceptors (Lipinski definition) is 4. The second kappa shape index (κ2) is 4.67. The second-order valence-electron chi connectivity index (χ2n) is 3.46. The number of anilines is 1. The van der Waals surface area contributed by atoms with Gasteiger partial charge < -0.3 is 11.1 Å². The van der Waals surface area contributed by atoms with Crippen LogP contribution in [-0.2, 0) is 0 Å². The summed E-state index contributed by atoms with van der Waals surface area (Å²) >= 11 is 2.98. The predicted octanol–water partition coefficient (Wildman–Crippen LogP) is 2.88. The molecule has 0 aliphatic rings. The fraction of sp³-hybridized carbons (Fsp3) is 0.182. The number of carbonyl (C=O) groups is 1. The third-order valence-electron chi connectivity index (χ3n) is 2.29. The average Bonchev–Trinajstić information content (AvgIpc) is 2.86. The van der Waals surface area contributed by atoms with Crippen LogP contribution in [0.5, 0.6) is 0 Å². The molecule has 0 aliphatic heterocycles. The van der Waals surface area contributed by atoms with E-state index in [-0.39, 0.29) is 11.9 Å². The normalized spacial score (nSPS) is 12.3. The molecule has 0 aromatic carbocycles. The molecule has 0 radical (unpaired) electrons. The number of nitrogens with one attached hydrogen (secondary N) is 1. The standard InChI is InChI=1S/C11H12N2OS2/c1-7(8-2-4-15-6-8)13-11(14)10-9(12)3-5-16-10/h2-7H,12H2,1H3,(H,13,14). The summed E-state index contributed by atoms with van der Waals surface area (Å²) < 4.78 is 0. The third kappa shape index (κ3) is 2.25. The van der Waals surface area contributed by atoms with Crippen molar-refractivity contribution in [3.63, 3.8) is 0 Å². The summed E-state index contributed by atoms with van der Waals surface area (Å²) in [7, 11) is 0. The Balaban J connectivity index is 2.06. The highest BCUT2D eigenvalue weighted by Gasteiger charge is 2.14. The van der Waals surface area contributed by atoms with E-state index in [0.717, 1.165) is 5.56 Å². The number of thiophene rings is 2. The van der Waals surface area contributed by atoms with Crippen LogP contribution in [0, 0.1) is 0 Å². The predicted molar refractivity (Wildman–Crippen MR) is 68.9 cm³/mol. The maximum Gasteiger partial charge on any atom is 0.263 e. The topological polar surface area (TPSA) is 55.1 Å². The SMILES string of the molecule is CC(NC(=O)c1sccc1N)c1ccsc1. The zero-order valence-electron chi connectivity index (χ0n) is 8.77. The highest BCUT2D eigenvalue weighted by Crippen LogP contribution is 2.21. The summed E-state index contributed by atoms with van der Waals surface area (Å²) in [5.41, 5.74) is 7.35. The van der Waals surface area contributed by atoms with Crippen molar-refractivity contribution in [3.8, 4) is 0 Å². The summed E-state index contributed by atoms with van der Waals surface area (Å²) in [6.45, 7) is 1.96. The lowest BCUT2D eigenvalue weighted by Crippen LogP contribution is -2.26. The fourth-order valence-electron chi connectivity index (χ4n) is 1.37. The molecule has 1 unspecified atom stereocenters. The van der Waals surface area contributed by atoms with Crippen molar-refractivity contribution >= 4 is 34.3 Å². The molecule has 0 saturated carbocycles. The van der Waals surface area contributed by atoms with E-state index < -0.39 is 0 Å². The van der Waals surface area contributed by atoms with E-state index in [1.807, 2.05) is 29.1 Å². The first-order valence-electron chi connectivity index (χ1n) is 4.84. The highest BCUT2D eigenvalue weighted by molar-refractivity contribution is 7.12. The van der Waals surface area contributed by atoms with E-state index in [9.17, 15) is 4.79 Å². The number of carbonyl (C=O) groups excluding carboxylic acids is 1. The van der Waals surface area contributed by atoms with Crippen LogP contribution in [-0.4, -0.2) is 5.91 Å². The zero-order chi connectivity index (χ0) is 11.5. The van der Waals surface area contributed by atoms with Crippen molar-refractivity contribution in [2.24, 2.45) is 0 Å². The summed E-state index contributed by atoms with van der Waals surface area (Å²) in [6.07, 6.45) is 0. The average molecular weight is 252 g/mol. The van der Waals surface area contributed by atoms with Crippen molar-refractivity contribution < 1.29 is 4.79 Å². The van der Waals surface area contributed by atoms with Gasteiger partial charge in [-0.3, -0.25) is 4.79 Å². The van der Waals surface area contributed by atoms with Crippen LogP contribution < -0.4 is 11.1 Å². The second-order valence-corrected chi connectivity index (χ2v) is 5.15. The van der Waals surface area contributed by atoms with Crippen molar-refractivity contribution in [1.29, 1.82) is 0 Å². The van der Waals surface area contributed by atoms with E-state index in [4.69, 9.17) is 5.73 Å². The Hall–Kier alpha value is -1.33. The van der Waals surface area contributed by atoms with Gasteiger partial charge in [0.2, 0.25) is 0 Å². The first kappa shape index (κ1) is 11.2. The molecule has 5 heteroatoms. The van der Waals surface area contributed by atoms with Gasteiger partial charge in [0, 0.05) is 0 Å². The summed E-state index contributed by atoms with van der Waals surface area (Å²) in [4.78, 5) is 12.4. The van der Waals surface area contributed by atoms with E-state index in [0.29, 0.717) is 10.6 Å². The molecule has 3 N–H and O–H groups in total. The Labute approximate surface area is 102 Å². The van der Waals surface area contributed by atoms with Crippen LogP contribution in [0.1, 0.15) is 28.2 Å². The maximum absolute atomic E-state index is 11.9. The summed E-state index contributed by atoms with van der Waals surface area (Å²) in [5, 5.41) is 8.77. The van der Waals surface area contributed by atoms with Crippen LogP contribution >= 0.6 is 22.7 Å². The number of nitrogen functional groups attached to an aromatic ring is 1. The molecule has 84 valence electrons. The van der Waals surface area contributed by atoms with Crippen molar-refractivity contribution in [2.75, 3.05) is 5.73 Å². The molecule has 0 fully saturated rings. The first-order valence-corrected chi connectivity index (χ1v) is 6.66. The van der Waals surface area contributed by atoms with Crippen LogP contribution in [0.4, 0.5) is 5.69 Å². The van der Waals surface area contributed by atoms with Crippen LogP contribution in [0.25, 0.3) is 0 Å². The Bertz CT molecular complexity index is 476. The van der Waals surface area contributed by atoms with Gasteiger partial charge in [-0.15, -0.1) is 11.3 Å². The number of hydrogen-bond donors (Lipinski definition) is 2. The Morgan fingerprint density at radius 1 is 1.44 bits per heavy atom. The Morgan fingerprint density at radius 2 is 2.25 bits per heavy atom. The monoisotopic (exact) mass is 252 g/mol. The van der Waals surface area contributed by atoms with Crippen molar-refractivity contribution in [1.82, 2.24) is 5.32 Å².